The van der Waals surface area contributed by atoms with Gasteiger partial charge in [0.1, 0.15) is 17.8 Å². The summed E-state index contributed by atoms with van der Waals surface area (Å²) in [6.07, 6.45) is 1.32. The third kappa shape index (κ3) is 10.7. The van der Waals surface area contributed by atoms with Gasteiger partial charge in [0.25, 0.3) is 0 Å². The smallest absolute Gasteiger partial charge is 0.326 e. The number of nitrogens with two attached hydrogens (primary N) is 1. The van der Waals surface area contributed by atoms with Crippen LogP contribution in [0.15, 0.2) is 24.3 Å². The van der Waals surface area contributed by atoms with Gasteiger partial charge >= 0.3 is 11.9 Å². The maximum Gasteiger partial charge on any atom is 0.326 e. The van der Waals surface area contributed by atoms with Crippen LogP contribution in [-0.4, -0.2) is 81.7 Å². The number of hydrogen-bond donors (Lipinski definition) is 7. The Bertz CT molecular complexity index is 849. The highest BCUT2D eigenvalue weighted by molar-refractivity contribution is 7.98. The lowest BCUT2D eigenvalue weighted by atomic mass is 10.0. The second-order valence-electron chi connectivity index (χ2n) is 7.09. The molecule has 0 aliphatic heterocycles. The summed E-state index contributed by atoms with van der Waals surface area (Å²) in [5.74, 6) is -4.33. The van der Waals surface area contributed by atoms with E-state index in [4.69, 9.17) is 10.8 Å². The molecule has 1 rings (SSSR count). The molecule has 182 valence electrons. The first-order valence-corrected chi connectivity index (χ1v) is 11.3. The normalized spacial score (nSPS) is 13.3. The van der Waals surface area contributed by atoms with Crippen molar-refractivity contribution in [2.45, 2.75) is 37.4 Å². The number of carbonyl (C=O) groups is 5. The van der Waals surface area contributed by atoms with Crippen LogP contribution in [0.5, 0.6) is 5.75 Å². The van der Waals surface area contributed by atoms with E-state index in [-0.39, 0.29) is 18.6 Å². The summed E-state index contributed by atoms with van der Waals surface area (Å²) in [5, 5.41) is 34.4. The molecule has 0 heterocycles. The largest absolute Gasteiger partial charge is 0.508 e. The third-order valence-electron chi connectivity index (χ3n) is 4.41. The number of benzene rings is 1. The summed E-state index contributed by atoms with van der Waals surface area (Å²) in [7, 11) is 0. The summed E-state index contributed by atoms with van der Waals surface area (Å²) in [4.78, 5) is 59.0. The Labute approximate surface area is 194 Å². The Balaban J connectivity index is 2.82. The van der Waals surface area contributed by atoms with Gasteiger partial charge in [0.2, 0.25) is 17.7 Å². The van der Waals surface area contributed by atoms with E-state index in [0.717, 1.165) is 0 Å². The summed E-state index contributed by atoms with van der Waals surface area (Å²) in [5.41, 5.74) is 6.11. The first-order valence-electron chi connectivity index (χ1n) is 9.88. The molecule has 0 saturated carbocycles. The molecule has 0 aliphatic rings. The Kier molecular flexibility index (Phi) is 11.7. The van der Waals surface area contributed by atoms with Crippen molar-refractivity contribution < 1.29 is 39.3 Å². The van der Waals surface area contributed by atoms with E-state index in [2.05, 4.69) is 16.0 Å². The number of nitrogens with one attached hydrogen (secondary N) is 3. The van der Waals surface area contributed by atoms with Crippen molar-refractivity contribution in [3.05, 3.63) is 29.8 Å². The molecule has 8 N–H and O–H groups in total. The van der Waals surface area contributed by atoms with E-state index in [1.807, 2.05) is 0 Å². The number of rotatable bonds is 14. The first-order chi connectivity index (χ1) is 15.5. The average Bonchev–Trinajstić information content (AvgIpc) is 2.75. The van der Waals surface area contributed by atoms with Crippen LogP contribution in [-0.2, 0) is 30.4 Å². The van der Waals surface area contributed by atoms with Crippen molar-refractivity contribution in [2.24, 2.45) is 5.73 Å². The van der Waals surface area contributed by atoms with Gasteiger partial charge in [0.05, 0.1) is 19.0 Å². The van der Waals surface area contributed by atoms with E-state index < -0.39 is 60.8 Å². The van der Waals surface area contributed by atoms with Crippen molar-refractivity contribution in [3.63, 3.8) is 0 Å². The zero-order chi connectivity index (χ0) is 25.0. The minimum atomic E-state index is -1.39. The minimum absolute atomic E-state index is 0.00148. The van der Waals surface area contributed by atoms with Gasteiger partial charge in [-0.1, -0.05) is 12.1 Å². The Morgan fingerprint density at radius 1 is 1.00 bits per heavy atom. The van der Waals surface area contributed by atoms with E-state index >= 15 is 0 Å². The number of phenolic OH excluding ortho intramolecular Hbond substituents is 1. The lowest BCUT2D eigenvalue weighted by Gasteiger charge is -2.21. The molecule has 0 aromatic heterocycles. The van der Waals surface area contributed by atoms with Gasteiger partial charge in [-0.3, -0.25) is 19.2 Å². The quantitative estimate of drug-likeness (QED) is 0.165. The lowest BCUT2D eigenvalue weighted by Crippen LogP contribution is -2.54. The lowest BCUT2D eigenvalue weighted by molar-refractivity contribution is -0.141. The molecule has 13 heteroatoms. The molecule has 3 unspecified atom stereocenters. The molecule has 0 bridgehead atoms. The fraction of sp³-hybridized carbons (Fsp3) is 0.450. The molecule has 3 atom stereocenters. The molecule has 1 aromatic carbocycles. The molecule has 3 amide bonds. The molecule has 12 nitrogen and oxygen atoms in total. The number of thioether (sulfide) groups is 1. The zero-order valence-electron chi connectivity index (χ0n) is 17.9. The number of phenols is 1. The Morgan fingerprint density at radius 2 is 1.64 bits per heavy atom. The Hall–Kier alpha value is -3.32. The van der Waals surface area contributed by atoms with Crippen molar-refractivity contribution in [1.29, 1.82) is 0 Å². The van der Waals surface area contributed by atoms with Gasteiger partial charge in [0.15, 0.2) is 0 Å². The number of aromatic hydroxyl groups is 1. The number of hydrogen-bond acceptors (Lipinski definition) is 8. The van der Waals surface area contributed by atoms with Gasteiger partial charge < -0.3 is 37.0 Å². The van der Waals surface area contributed by atoms with Gasteiger partial charge in [-0.15, -0.1) is 0 Å². The summed E-state index contributed by atoms with van der Waals surface area (Å²) in [6.45, 7) is -0.537. The predicted octanol–water partition coefficient (Wildman–Crippen LogP) is -1.34. The summed E-state index contributed by atoms with van der Waals surface area (Å²) < 4.78 is 0. The zero-order valence-corrected chi connectivity index (χ0v) is 18.8. The highest BCUT2D eigenvalue weighted by Crippen LogP contribution is 2.11. The van der Waals surface area contributed by atoms with Crippen LogP contribution in [0.3, 0.4) is 0 Å². The van der Waals surface area contributed by atoms with Crippen LogP contribution in [0.25, 0.3) is 0 Å². The predicted molar refractivity (Wildman–Crippen MR) is 120 cm³/mol. The molecule has 0 aliphatic carbocycles. The molecular weight excluding hydrogens is 456 g/mol. The number of carboxylic acids is 2. The van der Waals surface area contributed by atoms with E-state index in [9.17, 15) is 34.2 Å². The number of amides is 3. The second-order valence-corrected chi connectivity index (χ2v) is 8.08. The SMILES string of the molecule is CSCCC(NC(=O)CNC(=O)C(Cc1ccc(O)cc1)NC(=O)C(N)CC(=O)O)C(=O)O. The molecule has 0 radical (unpaired) electrons. The molecule has 0 saturated heterocycles. The fourth-order valence-corrected chi connectivity index (χ4v) is 3.14. The highest BCUT2D eigenvalue weighted by Gasteiger charge is 2.26. The van der Waals surface area contributed by atoms with E-state index in [1.165, 1.54) is 36.0 Å². The summed E-state index contributed by atoms with van der Waals surface area (Å²) >= 11 is 1.42. The third-order valence-corrected chi connectivity index (χ3v) is 5.05. The van der Waals surface area contributed by atoms with Gasteiger partial charge in [-0.25, -0.2) is 4.79 Å². The van der Waals surface area contributed by atoms with Crippen LogP contribution in [0, 0.1) is 0 Å². The van der Waals surface area contributed by atoms with Crippen molar-refractivity contribution in [3.8, 4) is 5.75 Å². The monoisotopic (exact) mass is 484 g/mol. The number of carboxylic acid groups (broad SMARTS) is 2. The highest BCUT2D eigenvalue weighted by atomic mass is 32.2. The van der Waals surface area contributed by atoms with Crippen LogP contribution in [0.4, 0.5) is 0 Å². The van der Waals surface area contributed by atoms with Crippen LogP contribution in [0.2, 0.25) is 0 Å². The van der Waals surface area contributed by atoms with E-state index in [0.29, 0.717) is 11.3 Å². The molecule has 0 fully saturated rings. The van der Waals surface area contributed by atoms with Crippen LogP contribution in [0.1, 0.15) is 18.4 Å². The van der Waals surface area contributed by atoms with Crippen molar-refractivity contribution >= 4 is 41.4 Å². The Morgan fingerprint density at radius 3 is 2.18 bits per heavy atom. The molecule has 0 spiro atoms. The first kappa shape index (κ1) is 27.7. The van der Waals surface area contributed by atoms with Crippen LogP contribution >= 0.6 is 11.8 Å². The van der Waals surface area contributed by atoms with Crippen molar-refractivity contribution in [2.75, 3.05) is 18.6 Å². The second kappa shape index (κ2) is 14.0. The van der Waals surface area contributed by atoms with Crippen molar-refractivity contribution in [1.82, 2.24) is 16.0 Å². The van der Waals surface area contributed by atoms with Crippen LogP contribution < -0.4 is 21.7 Å². The molecule has 33 heavy (non-hydrogen) atoms. The van der Waals surface area contributed by atoms with Gasteiger partial charge in [-0.05, 0) is 36.1 Å². The minimum Gasteiger partial charge on any atom is -0.508 e. The van der Waals surface area contributed by atoms with E-state index in [1.54, 1.807) is 6.26 Å². The molecule has 1 aromatic rings. The fourth-order valence-electron chi connectivity index (χ4n) is 2.67. The van der Waals surface area contributed by atoms with Gasteiger partial charge in [0, 0.05) is 6.42 Å². The number of aliphatic carboxylic acids is 2. The molecular formula is C20H28N4O8S. The number of carbonyl (C=O) groups excluding carboxylic acids is 3. The maximum absolute atomic E-state index is 12.7. The topological polar surface area (TPSA) is 208 Å². The average molecular weight is 485 g/mol. The summed E-state index contributed by atoms with van der Waals surface area (Å²) in [6, 6.07) is 2.11. The van der Waals surface area contributed by atoms with Gasteiger partial charge in [-0.2, -0.15) is 11.8 Å². The standard InChI is InChI=1S/C20H28N4O8S/c1-33-7-6-14(20(31)32)23-16(26)10-22-19(30)15(8-11-2-4-12(25)5-3-11)24-18(29)13(21)9-17(27)28/h2-5,13-15,25H,6-10,21H2,1H3,(H,22,30)(H,23,26)(H,24,29)(H,27,28)(H,31,32). The maximum atomic E-state index is 12.7.